The summed E-state index contributed by atoms with van der Waals surface area (Å²) in [5.74, 6) is 0.0360. The first-order chi connectivity index (χ1) is 7.19. The maximum absolute atomic E-state index is 13.3. The van der Waals surface area contributed by atoms with E-state index in [4.69, 9.17) is 0 Å². The predicted molar refractivity (Wildman–Crippen MR) is 60.4 cm³/mol. The Hall–Kier alpha value is -1.09. The minimum absolute atomic E-state index is 0.0172. The van der Waals surface area contributed by atoms with Crippen LogP contribution in [0.15, 0.2) is 24.3 Å². The van der Waals surface area contributed by atoms with E-state index in [1.54, 1.807) is 18.2 Å². The Balaban J connectivity index is 2.71. The average molecular weight is 211 g/mol. The Kier molecular flexibility index (Phi) is 4.56. The van der Waals surface area contributed by atoms with Crippen LogP contribution in [-0.4, -0.2) is 17.8 Å². The van der Waals surface area contributed by atoms with E-state index in [9.17, 15) is 9.50 Å². The van der Waals surface area contributed by atoms with Crippen LogP contribution in [0.3, 0.4) is 0 Å². The maximum atomic E-state index is 13.3. The first-order valence-corrected chi connectivity index (χ1v) is 5.31. The molecule has 15 heavy (non-hydrogen) atoms. The smallest absolute Gasteiger partial charge is 0.146 e. The van der Waals surface area contributed by atoms with Gasteiger partial charge < -0.3 is 10.4 Å². The molecule has 0 heterocycles. The van der Waals surface area contributed by atoms with Gasteiger partial charge in [-0.15, -0.1) is 0 Å². The van der Waals surface area contributed by atoms with Crippen LogP contribution in [0.4, 0.5) is 10.1 Å². The van der Waals surface area contributed by atoms with Crippen molar-refractivity contribution in [2.45, 2.75) is 26.3 Å². The summed E-state index contributed by atoms with van der Waals surface area (Å²) in [5, 5.41) is 12.2. The molecule has 0 spiro atoms. The number of aliphatic hydroxyl groups excluding tert-OH is 1. The van der Waals surface area contributed by atoms with Crippen LogP contribution >= 0.6 is 0 Å². The van der Waals surface area contributed by atoms with Gasteiger partial charge in [-0.25, -0.2) is 4.39 Å². The molecule has 0 saturated carbocycles. The van der Waals surface area contributed by atoms with Crippen LogP contribution in [0.1, 0.15) is 20.3 Å². The highest BCUT2D eigenvalue weighted by atomic mass is 19.1. The summed E-state index contributed by atoms with van der Waals surface area (Å²) in [5.41, 5.74) is 0.455. The van der Waals surface area contributed by atoms with E-state index >= 15 is 0 Å². The highest BCUT2D eigenvalue weighted by Gasteiger charge is 2.15. The number of halogens is 1. The highest BCUT2D eigenvalue weighted by molar-refractivity contribution is 5.45. The van der Waals surface area contributed by atoms with Gasteiger partial charge in [-0.05, 0) is 18.1 Å². The van der Waals surface area contributed by atoms with Crippen molar-refractivity contribution in [3.63, 3.8) is 0 Å². The Morgan fingerprint density at radius 3 is 2.60 bits per heavy atom. The number of benzene rings is 1. The summed E-state index contributed by atoms with van der Waals surface area (Å²) >= 11 is 0. The summed E-state index contributed by atoms with van der Waals surface area (Å²) in [6.07, 6.45) is 0.951. The molecule has 0 aromatic heterocycles. The van der Waals surface area contributed by atoms with Crippen LogP contribution in [0.25, 0.3) is 0 Å². The van der Waals surface area contributed by atoms with Crippen molar-refractivity contribution in [1.29, 1.82) is 0 Å². The van der Waals surface area contributed by atoms with Crippen LogP contribution < -0.4 is 5.32 Å². The van der Waals surface area contributed by atoms with Crippen molar-refractivity contribution >= 4 is 5.69 Å². The molecule has 2 atom stereocenters. The lowest BCUT2D eigenvalue weighted by atomic mass is 9.99. The third-order valence-corrected chi connectivity index (χ3v) is 2.74. The molecule has 0 aliphatic heterocycles. The Morgan fingerprint density at radius 1 is 1.40 bits per heavy atom. The van der Waals surface area contributed by atoms with Crippen LogP contribution in [0.5, 0.6) is 0 Å². The largest absolute Gasteiger partial charge is 0.394 e. The van der Waals surface area contributed by atoms with E-state index in [0.717, 1.165) is 6.42 Å². The molecule has 0 amide bonds. The summed E-state index contributed by atoms with van der Waals surface area (Å²) in [7, 11) is 0. The van der Waals surface area contributed by atoms with E-state index in [0.29, 0.717) is 11.6 Å². The fourth-order valence-electron chi connectivity index (χ4n) is 1.43. The summed E-state index contributed by atoms with van der Waals surface area (Å²) in [6.45, 7) is 4.11. The highest BCUT2D eigenvalue weighted by Crippen LogP contribution is 2.17. The number of aliphatic hydroxyl groups is 1. The zero-order valence-corrected chi connectivity index (χ0v) is 9.20. The molecule has 0 radical (unpaired) electrons. The second-order valence-corrected chi connectivity index (χ2v) is 3.80. The quantitative estimate of drug-likeness (QED) is 0.784. The van der Waals surface area contributed by atoms with Gasteiger partial charge in [0.1, 0.15) is 5.82 Å². The van der Waals surface area contributed by atoms with E-state index in [-0.39, 0.29) is 18.5 Å². The van der Waals surface area contributed by atoms with E-state index in [1.807, 2.05) is 6.92 Å². The van der Waals surface area contributed by atoms with Crippen molar-refractivity contribution in [3.8, 4) is 0 Å². The molecule has 1 rings (SSSR count). The number of hydrogen-bond acceptors (Lipinski definition) is 2. The Bertz CT molecular complexity index is 303. The van der Waals surface area contributed by atoms with Crippen molar-refractivity contribution in [1.82, 2.24) is 0 Å². The first-order valence-electron chi connectivity index (χ1n) is 5.31. The lowest BCUT2D eigenvalue weighted by Gasteiger charge is -2.23. The number of nitrogens with one attached hydrogen (secondary N) is 1. The van der Waals surface area contributed by atoms with Crippen molar-refractivity contribution < 1.29 is 9.50 Å². The lowest BCUT2D eigenvalue weighted by molar-refractivity contribution is 0.241. The zero-order chi connectivity index (χ0) is 11.3. The maximum Gasteiger partial charge on any atom is 0.146 e. The zero-order valence-electron chi connectivity index (χ0n) is 9.20. The monoisotopic (exact) mass is 211 g/mol. The number of rotatable bonds is 5. The molecular weight excluding hydrogens is 193 g/mol. The van der Waals surface area contributed by atoms with Crippen LogP contribution in [0, 0.1) is 11.7 Å². The molecule has 0 aliphatic carbocycles. The molecule has 0 bridgehead atoms. The minimum Gasteiger partial charge on any atom is -0.394 e. The molecule has 2 N–H and O–H groups in total. The van der Waals surface area contributed by atoms with Gasteiger partial charge in [0.15, 0.2) is 0 Å². The van der Waals surface area contributed by atoms with Crippen molar-refractivity contribution in [2.75, 3.05) is 11.9 Å². The molecule has 0 saturated heterocycles. The van der Waals surface area contributed by atoms with Crippen molar-refractivity contribution in [3.05, 3.63) is 30.1 Å². The molecule has 1 aromatic rings. The van der Waals surface area contributed by atoms with E-state index in [1.165, 1.54) is 6.07 Å². The van der Waals surface area contributed by atoms with Gasteiger partial charge in [-0.3, -0.25) is 0 Å². The van der Waals surface area contributed by atoms with Gasteiger partial charge in [-0.2, -0.15) is 0 Å². The predicted octanol–water partition coefficient (Wildman–Crippen LogP) is 2.64. The molecular formula is C12H18FNO. The van der Waals surface area contributed by atoms with Gasteiger partial charge in [-0.1, -0.05) is 32.4 Å². The Labute approximate surface area is 90.1 Å². The first kappa shape index (κ1) is 12.0. The minimum atomic E-state index is -0.278. The fourth-order valence-corrected chi connectivity index (χ4v) is 1.43. The van der Waals surface area contributed by atoms with E-state index in [2.05, 4.69) is 12.2 Å². The second-order valence-electron chi connectivity index (χ2n) is 3.80. The molecule has 0 aliphatic rings. The molecule has 3 heteroatoms. The summed E-state index contributed by atoms with van der Waals surface area (Å²) in [4.78, 5) is 0. The standard InChI is InChI=1S/C12H18FNO/c1-3-9(2)12(8-15)14-11-7-5-4-6-10(11)13/h4-7,9,12,14-15H,3,8H2,1-2H3. The SMILES string of the molecule is CCC(C)C(CO)Nc1ccccc1F. The van der Waals surface area contributed by atoms with Gasteiger partial charge in [0.25, 0.3) is 0 Å². The summed E-state index contributed by atoms with van der Waals surface area (Å²) < 4.78 is 13.3. The van der Waals surface area contributed by atoms with Crippen molar-refractivity contribution in [2.24, 2.45) is 5.92 Å². The molecule has 2 nitrogen and oxygen atoms in total. The van der Waals surface area contributed by atoms with Gasteiger partial charge >= 0.3 is 0 Å². The average Bonchev–Trinajstić information content (AvgIpc) is 2.27. The van der Waals surface area contributed by atoms with Crippen LogP contribution in [-0.2, 0) is 0 Å². The van der Waals surface area contributed by atoms with E-state index < -0.39 is 0 Å². The number of para-hydroxylation sites is 1. The fraction of sp³-hybridized carbons (Fsp3) is 0.500. The van der Waals surface area contributed by atoms with Crippen LogP contribution in [0.2, 0.25) is 0 Å². The molecule has 84 valence electrons. The summed E-state index contributed by atoms with van der Waals surface area (Å²) in [6, 6.07) is 6.42. The third-order valence-electron chi connectivity index (χ3n) is 2.74. The molecule has 2 unspecified atom stereocenters. The van der Waals surface area contributed by atoms with Gasteiger partial charge in [0.05, 0.1) is 18.3 Å². The van der Waals surface area contributed by atoms with Gasteiger partial charge in [0.2, 0.25) is 0 Å². The normalized spacial score (nSPS) is 14.7. The third kappa shape index (κ3) is 3.20. The molecule has 0 fully saturated rings. The lowest BCUT2D eigenvalue weighted by Crippen LogP contribution is -2.31. The number of hydrogen-bond donors (Lipinski definition) is 2. The Morgan fingerprint density at radius 2 is 2.07 bits per heavy atom. The topological polar surface area (TPSA) is 32.3 Å². The number of anilines is 1. The van der Waals surface area contributed by atoms with Gasteiger partial charge in [0, 0.05) is 0 Å². The molecule has 1 aromatic carbocycles. The second kappa shape index (κ2) is 5.71.